The van der Waals surface area contributed by atoms with Crippen LogP contribution in [0.5, 0.6) is 0 Å². The summed E-state index contributed by atoms with van der Waals surface area (Å²) in [5.74, 6) is 0.253. The molecule has 24 heavy (non-hydrogen) atoms. The summed E-state index contributed by atoms with van der Waals surface area (Å²) in [6, 6.07) is 6.88. The van der Waals surface area contributed by atoms with Gasteiger partial charge in [-0.05, 0) is 62.0 Å². The van der Waals surface area contributed by atoms with Crippen LogP contribution in [-0.2, 0) is 4.79 Å². The van der Waals surface area contributed by atoms with Crippen molar-refractivity contribution < 1.29 is 9.59 Å². The Labute approximate surface area is 142 Å². The Morgan fingerprint density at radius 1 is 1.17 bits per heavy atom. The first-order valence-electron chi connectivity index (χ1n) is 8.40. The molecule has 1 spiro atoms. The lowest BCUT2D eigenvalue weighted by Crippen LogP contribution is -2.31. The van der Waals surface area contributed by atoms with E-state index in [1.165, 1.54) is 0 Å². The van der Waals surface area contributed by atoms with Gasteiger partial charge in [0, 0.05) is 23.8 Å². The van der Waals surface area contributed by atoms with Crippen LogP contribution in [0.15, 0.2) is 36.9 Å². The van der Waals surface area contributed by atoms with Crippen molar-refractivity contribution >= 4 is 23.3 Å². The second kappa shape index (κ2) is 7.05. The average Bonchev–Trinajstić information content (AvgIpc) is 3.28. The molecule has 1 saturated carbocycles. The number of rotatable bonds is 5. The van der Waals surface area contributed by atoms with Crippen molar-refractivity contribution in [2.45, 2.75) is 19.3 Å². The molecule has 6 nitrogen and oxygen atoms in total. The van der Waals surface area contributed by atoms with E-state index in [4.69, 9.17) is 0 Å². The van der Waals surface area contributed by atoms with Gasteiger partial charge in [-0.15, -0.1) is 6.58 Å². The fraction of sp³-hybridized carbons (Fsp3) is 0.444. The number of urea groups is 1. The number of carbonyl (C=O) groups excluding carboxylic acids is 2. The van der Waals surface area contributed by atoms with E-state index in [0.29, 0.717) is 12.2 Å². The highest BCUT2D eigenvalue weighted by atomic mass is 16.2. The van der Waals surface area contributed by atoms with Gasteiger partial charge in [0.05, 0.1) is 0 Å². The summed E-state index contributed by atoms with van der Waals surface area (Å²) in [6.07, 6.45) is 4.80. The van der Waals surface area contributed by atoms with Crippen LogP contribution in [0.25, 0.3) is 0 Å². The van der Waals surface area contributed by atoms with Crippen LogP contribution < -0.4 is 21.3 Å². The molecule has 0 radical (unpaired) electrons. The molecule has 6 heteroatoms. The first kappa shape index (κ1) is 16.5. The Kier molecular flexibility index (Phi) is 4.85. The van der Waals surface area contributed by atoms with E-state index < -0.39 is 0 Å². The van der Waals surface area contributed by atoms with Crippen LogP contribution in [0.2, 0.25) is 0 Å². The van der Waals surface area contributed by atoms with E-state index in [2.05, 4.69) is 27.8 Å². The molecule has 4 N–H and O–H groups in total. The highest BCUT2D eigenvalue weighted by Gasteiger charge is 2.57. The van der Waals surface area contributed by atoms with E-state index >= 15 is 0 Å². The number of amides is 3. The van der Waals surface area contributed by atoms with Crippen molar-refractivity contribution in [1.82, 2.24) is 10.6 Å². The molecular weight excluding hydrogens is 304 g/mol. The SMILES string of the molecule is C=CCNC(=O)Nc1ccc(NC(=O)C2CC23CCNCC3)cc1. The molecule has 1 aliphatic carbocycles. The lowest BCUT2D eigenvalue weighted by molar-refractivity contribution is -0.118. The lowest BCUT2D eigenvalue weighted by Gasteiger charge is -2.23. The molecule has 0 aromatic heterocycles. The zero-order valence-electron chi connectivity index (χ0n) is 13.7. The van der Waals surface area contributed by atoms with Gasteiger partial charge < -0.3 is 21.3 Å². The molecule has 1 aliphatic heterocycles. The standard InChI is InChI=1S/C18H24N4O2/c1-2-9-20-17(24)22-14-5-3-13(4-6-14)21-16(23)15-12-18(15)7-10-19-11-8-18/h2-6,15,19H,1,7-12H2,(H,21,23)(H2,20,22,24). The van der Waals surface area contributed by atoms with Gasteiger partial charge in [0.15, 0.2) is 0 Å². The monoisotopic (exact) mass is 328 g/mol. The number of carbonyl (C=O) groups is 2. The molecule has 1 aromatic rings. The molecule has 3 amide bonds. The molecule has 2 aliphatic rings. The third kappa shape index (κ3) is 3.76. The topological polar surface area (TPSA) is 82.3 Å². The van der Waals surface area contributed by atoms with Crippen molar-refractivity contribution in [2.24, 2.45) is 11.3 Å². The Morgan fingerprint density at radius 3 is 2.42 bits per heavy atom. The average molecular weight is 328 g/mol. The Morgan fingerprint density at radius 2 is 1.79 bits per heavy atom. The third-order valence-electron chi connectivity index (χ3n) is 4.92. The van der Waals surface area contributed by atoms with Gasteiger partial charge in [-0.3, -0.25) is 4.79 Å². The number of benzene rings is 1. The highest BCUT2D eigenvalue weighted by Crippen LogP contribution is 2.58. The van der Waals surface area contributed by atoms with E-state index in [1.807, 2.05) is 0 Å². The minimum Gasteiger partial charge on any atom is -0.334 e. The normalized spacial score (nSPS) is 20.9. The van der Waals surface area contributed by atoms with Gasteiger partial charge in [-0.2, -0.15) is 0 Å². The summed E-state index contributed by atoms with van der Waals surface area (Å²) in [4.78, 5) is 24.0. The zero-order valence-corrected chi connectivity index (χ0v) is 13.7. The van der Waals surface area contributed by atoms with E-state index in [9.17, 15) is 9.59 Å². The summed E-state index contributed by atoms with van der Waals surface area (Å²) < 4.78 is 0. The predicted molar refractivity (Wildman–Crippen MR) is 94.9 cm³/mol. The minimum atomic E-state index is -0.280. The number of anilines is 2. The summed E-state index contributed by atoms with van der Waals surface area (Å²) in [5, 5.41) is 11.7. The first-order chi connectivity index (χ1) is 11.6. The molecule has 3 rings (SSSR count). The number of piperidine rings is 1. The molecule has 1 aromatic carbocycles. The van der Waals surface area contributed by atoms with E-state index in [-0.39, 0.29) is 23.3 Å². The maximum Gasteiger partial charge on any atom is 0.319 e. The Balaban J connectivity index is 1.50. The summed E-state index contributed by atoms with van der Waals surface area (Å²) in [7, 11) is 0. The van der Waals surface area contributed by atoms with Gasteiger partial charge >= 0.3 is 6.03 Å². The van der Waals surface area contributed by atoms with Crippen molar-refractivity contribution in [3.63, 3.8) is 0 Å². The molecule has 1 unspecified atom stereocenters. The van der Waals surface area contributed by atoms with Crippen molar-refractivity contribution in [1.29, 1.82) is 0 Å². The van der Waals surface area contributed by atoms with E-state index in [1.54, 1.807) is 30.3 Å². The summed E-state index contributed by atoms with van der Waals surface area (Å²) in [6.45, 7) is 5.98. The molecule has 0 bridgehead atoms. The second-order valence-corrected chi connectivity index (χ2v) is 6.56. The van der Waals surface area contributed by atoms with Crippen molar-refractivity contribution in [3.8, 4) is 0 Å². The van der Waals surface area contributed by atoms with Gasteiger partial charge in [-0.1, -0.05) is 6.08 Å². The zero-order chi connectivity index (χ0) is 17.0. The number of hydrogen-bond acceptors (Lipinski definition) is 3. The van der Waals surface area contributed by atoms with Crippen LogP contribution in [0.1, 0.15) is 19.3 Å². The first-order valence-corrected chi connectivity index (χ1v) is 8.40. The van der Waals surface area contributed by atoms with Crippen LogP contribution in [0, 0.1) is 11.3 Å². The fourth-order valence-corrected chi connectivity index (χ4v) is 3.40. The number of nitrogens with one attached hydrogen (secondary N) is 4. The van der Waals surface area contributed by atoms with Crippen LogP contribution in [0.4, 0.5) is 16.2 Å². The molecule has 1 saturated heterocycles. The van der Waals surface area contributed by atoms with Gasteiger partial charge in [-0.25, -0.2) is 4.79 Å². The van der Waals surface area contributed by atoms with Crippen LogP contribution >= 0.6 is 0 Å². The fourth-order valence-electron chi connectivity index (χ4n) is 3.40. The van der Waals surface area contributed by atoms with Crippen molar-refractivity contribution in [2.75, 3.05) is 30.3 Å². The maximum atomic E-state index is 12.4. The Hall–Kier alpha value is -2.34. The molecule has 1 heterocycles. The second-order valence-electron chi connectivity index (χ2n) is 6.56. The van der Waals surface area contributed by atoms with Gasteiger partial charge in [0.1, 0.15) is 0 Å². The number of hydrogen-bond donors (Lipinski definition) is 4. The molecular formula is C18H24N4O2. The quantitative estimate of drug-likeness (QED) is 0.626. The Bertz CT molecular complexity index is 620. The van der Waals surface area contributed by atoms with Crippen molar-refractivity contribution in [3.05, 3.63) is 36.9 Å². The third-order valence-corrected chi connectivity index (χ3v) is 4.92. The van der Waals surface area contributed by atoms with E-state index in [0.717, 1.165) is 38.0 Å². The molecule has 2 fully saturated rings. The molecule has 128 valence electrons. The summed E-state index contributed by atoms with van der Waals surface area (Å²) in [5.41, 5.74) is 1.67. The smallest absolute Gasteiger partial charge is 0.319 e. The highest BCUT2D eigenvalue weighted by molar-refractivity contribution is 5.95. The van der Waals surface area contributed by atoms with Gasteiger partial charge in [0.25, 0.3) is 0 Å². The van der Waals surface area contributed by atoms with Crippen LogP contribution in [0.3, 0.4) is 0 Å². The predicted octanol–water partition coefficient (Wildman–Crippen LogP) is 2.32. The summed E-state index contributed by atoms with van der Waals surface area (Å²) >= 11 is 0. The van der Waals surface area contributed by atoms with Gasteiger partial charge in [0.2, 0.25) is 5.91 Å². The largest absolute Gasteiger partial charge is 0.334 e. The lowest BCUT2D eigenvalue weighted by atomic mass is 9.92. The molecule has 1 atom stereocenters. The maximum absolute atomic E-state index is 12.4. The van der Waals surface area contributed by atoms with Crippen LogP contribution in [-0.4, -0.2) is 31.6 Å². The minimum absolute atomic E-state index is 0.112.